The average molecular weight is 367 g/mol. The van der Waals surface area contributed by atoms with E-state index in [4.69, 9.17) is 11.5 Å². The van der Waals surface area contributed by atoms with Crippen LogP contribution < -0.4 is 11.5 Å². The summed E-state index contributed by atoms with van der Waals surface area (Å²) < 4.78 is 0. The summed E-state index contributed by atoms with van der Waals surface area (Å²) in [5.41, 5.74) is 18.9. The van der Waals surface area contributed by atoms with Gasteiger partial charge in [-0.3, -0.25) is 0 Å². The second-order valence-corrected chi connectivity index (χ2v) is 6.78. The van der Waals surface area contributed by atoms with Crippen LogP contribution in [0.5, 0.6) is 0 Å². The third-order valence-corrected chi connectivity index (χ3v) is 4.78. The lowest BCUT2D eigenvalue weighted by Gasteiger charge is -2.20. The quantitative estimate of drug-likeness (QED) is 0.412. The first-order chi connectivity index (χ1) is 13.6. The number of anilines is 1. The van der Waals surface area contributed by atoms with Crippen LogP contribution in [0, 0.1) is 0 Å². The fourth-order valence-corrected chi connectivity index (χ4v) is 3.33. The fraction of sp³-hybridized carbons (Fsp3) is 0.0769. The molecule has 0 saturated heterocycles. The molecule has 4 N–H and O–H groups in total. The summed E-state index contributed by atoms with van der Waals surface area (Å²) in [6.07, 6.45) is 6.00. The van der Waals surface area contributed by atoms with Crippen molar-refractivity contribution in [2.45, 2.75) is 12.8 Å². The maximum Gasteiger partial charge on any atom is 0.0336 e. The van der Waals surface area contributed by atoms with Gasteiger partial charge in [-0.15, -0.1) is 0 Å². The first-order valence-corrected chi connectivity index (χ1v) is 9.38. The molecule has 28 heavy (non-hydrogen) atoms. The topological polar surface area (TPSA) is 52.0 Å². The SMILES string of the molecule is C=C(N)/C=C\C(=C/C)C(c1ccc(N)cc1)c1ccc(-c2ccccc2)cc1. The molecule has 2 heteroatoms. The van der Waals surface area contributed by atoms with Crippen molar-refractivity contribution in [2.75, 3.05) is 5.73 Å². The molecular weight excluding hydrogens is 340 g/mol. The smallest absolute Gasteiger partial charge is 0.0336 e. The van der Waals surface area contributed by atoms with Gasteiger partial charge in [-0.2, -0.15) is 0 Å². The van der Waals surface area contributed by atoms with Crippen LogP contribution in [-0.4, -0.2) is 0 Å². The van der Waals surface area contributed by atoms with Gasteiger partial charge in [0.2, 0.25) is 0 Å². The Kier molecular flexibility index (Phi) is 6.13. The van der Waals surface area contributed by atoms with Gasteiger partial charge >= 0.3 is 0 Å². The number of hydrogen-bond donors (Lipinski definition) is 2. The van der Waals surface area contributed by atoms with E-state index in [-0.39, 0.29) is 5.92 Å². The van der Waals surface area contributed by atoms with E-state index in [1.807, 2.05) is 37.3 Å². The van der Waals surface area contributed by atoms with E-state index in [1.165, 1.54) is 22.3 Å². The van der Waals surface area contributed by atoms with Crippen molar-refractivity contribution in [3.05, 3.63) is 126 Å². The van der Waals surface area contributed by atoms with Crippen molar-refractivity contribution in [3.8, 4) is 11.1 Å². The Morgan fingerprint density at radius 1 is 0.786 bits per heavy atom. The molecule has 0 heterocycles. The number of nitrogen functional groups attached to an aromatic ring is 1. The zero-order valence-corrected chi connectivity index (χ0v) is 16.2. The lowest BCUT2D eigenvalue weighted by Crippen LogP contribution is -2.04. The highest BCUT2D eigenvalue weighted by molar-refractivity contribution is 5.64. The minimum absolute atomic E-state index is 0.0889. The maximum absolute atomic E-state index is 5.90. The molecule has 3 aromatic carbocycles. The Balaban J connectivity index is 2.03. The van der Waals surface area contributed by atoms with Crippen molar-refractivity contribution in [1.82, 2.24) is 0 Å². The second kappa shape index (κ2) is 8.92. The molecule has 0 fully saturated rings. The summed E-state index contributed by atoms with van der Waals surface area (Å²) in [5.74, 6) is 0.0889. The number of hydrogen-bond acceptors (Lipinski definition) is 2. The molecule has 0 aliphatic carbocycles. The monoisotopic (exact) mass is 366 g/mol. The van der Waals surface area contributed by atoms with Gasteiger partial charge in [0.1, 0.15) is 0 Å². The molecule has 0 bridgehead atoms. The summed E-state index contributed by atoms with van der Waals surface area (Å²) in [7, 11) is 0. The molecule has 140 valence electrons. The van der Waals surface area contributed by atoms with Crippen molar-refractivity contribution in [2.24, 2.45) is 5.73 Å². The van der Waals surface area contributed by atoms with E-state index < -0.39 is 0 Å². The molecule has 0 saturated carbocycles. The van der Waals surface area contributed by atoms with Gasteiger partial charge in [0.05, 0.1) is 0 Å². The molecule has 0 spiro atoms. The molecule has 0 amide bonds. The second-order valence-electron chi connectivity index (χ2n) is 6.78. The number of rotatable bonds is 6. The Morgan fingerprint density at radius 2 is 1.32 bits per heavy atom. The lowest BCUT2D eigenvalue weighted by molar-refractivity contribution is 0.973. The van der Waals surface area contributed by atoms with Crippen LogP contribution in [0.1, 0.15) is 24.0 Å². The van der Waals surface area contributed by atoms with Gasteiger partial charge in [0.25, 0.3) is 0 Å². The lowest BCUT2D eigenvalue weighted by atomic mass is 9.83. The first-order valence-electron chi connectivity index (χ1n) is 9.38. The normalized spacial score (nSPS) is 12.8. The average Bonchev–Trinajstić information content (AvgIpc) is 2.73. The maximum atomic E-state index is 5.90. The van der Waals surface area contributed by atoms with Crippen LogP contribution >= 0.6 is 0 Å². The minimum Gasteiger partial charge on any atom is -0.399 e. The van der Waals surface area contributed by atoms with Gasteiger partial charge < -0.3 is 11.5 Å². The van der Waals surface area contributed by atoms with Crippen molar-refractivity contribution in [3.63, 3.8) is 0 Å². The molecule has 0 aliphatic rings. The number of nitrogens with two attached hydrogens (primary N) is 2. The third-order valence-electron chi connectivity index (χ3n) is 4.78. The minimum atomic E-state index is 0.0889. The summed E-state index contributed by atoms with van der Waals surface area (Å²) in [4.78, 5) is 0. The first kappa shape index (κ1) is 19.2. The molecule has 0 aliphatic heterocycles. The molecule has 0 radical (unpaired) electrons. The fourth-order valence-electron chi connectivity index (χ4n) is 3.33. The summed E-state index contributed by atoms with van der Waals surface area (Å²) in [5, 5.41) is 0. The van der Waals surface area contributed by atoms with Crippen LogP contribution in [-0.2, 0) is 0 Å². The van der Waals surface area contributed by atoms with Gasteiger partial charge in [0, 0.05) is 17.3 Å². The molecule has 1 atom stereocenters. The van der Waals surface area contributed by atoms with E-state index in [0.29, 0.717) is 5.70 Å². The van der Waals surface area contributed by atoms with Crippen LogP contribution in [0.15, 0.2) is 115 Å². The van der Waals surface area contributed by atoms with Crippen molar-refractivity contribution in [1.29, 1.82) is 0 Å². The van der Waals surface area contributed by atoms with Gasteiger partial charge in [0.15, 0.2) is 0 Å². The summed E-state index contributed by atoms with van der Waals surface area (Å²) in [6.45, 7) is 5.81. The van der Waals surface area contributed by atoms with E-state index >= 15 is 0 Å². The van der Waals surface area contributed by atoms with Crippen LogP contribution in [0.2, 0.25) is 0 Å². The Morgan fingerprint density at radius 3 is 1.86 bits per heavy atom. The molecule has 2 nitrogen and oxygen atoms in total. The molecule has 3 aromatic rings. The summed E-state index contributed by atoms with van der Waals surface area (Å²) in [6, 6.07) is 27.2. The van der Waals surface area contributed by atoms with Gasteiger partial charge in [-0.05, 0) is 53.0 Å². The largest absolute Gasteiger partial charge is 0.399 e. The standard InChI is InChI=1S/C26H26N2/c1-3-20(10-9-19(2)27)26(24-15-17-25(28)18-16-24)23-13-11-22(12-14-23)21-7-5-4-6-8-21/h3-18,26H,2,27-28H2,1H3/b10-9-,20-3+. The predicted molar refractivity (Wildman–Crippen MR) is 121 cm³/mol. The van der Waals surface area contributed by atoms with E-state index in [0.717, 1.165) is 11.3 Å². The highest BCUT2D eigenvalue weighted by atomic mass is 14.5. The van der Waals surface area contributed by atoms with Crippen LogP contribution in [0.4, 0.5) is 5.69 Å². The van der Waals surface area contributed by atoms with E-state index in [2.05, 4.69) is 73.3 Å². The van der Waals surface area contributed by atoms with Crippen molar-refractivity contribution < 1.29 is 0 Å². The summed E-state index contributed by atoms with van der Waals surface area (Å²) >= 11 is 0. The molecule has 0 aromatic heterocycles. The van der Waals surface area contributed by atoms with E-state index in [1.54, 1.807) is 0 Å². The molecule has 3 rings (SSSR count). The highest BCUT2D eigenvalue weighted by Crippen LogP contribution is 2.34. The molecular formula is C26H26N2. The van der Waals surface area contributed by atoms with Gasteiger partial charge in [-0.1, -0.05) is 85.5 Å². The van der Waals surface area contributed by atoms with Gasteiger partial charge in [-0.25, -0.2) is 0 Å². The van der Waals surface area contributed by atoms with Crippen LogP contribution in [0.3, 0.4) is 0 Å². The number of allylic oxidation sites excluding steroid dienone is 4. The zero-order valence-electron chi connectivity index (χ0n) is 16.2. The Labute approximate surface area is 167 Å². The van der Waals surface area contributed by atoms with E-state index in [9.17, 15) is 0 Å². The third kappa shape index (κ3) is 4.60. The highest BCUT2D eigenvalue weighted by Gasteiger charge is 2.17. The predicted octanol–water partition coefficient (Wildman–Crippen LogP) is 6.04. The van der Waals surface area contributed by atoms with Crippen molar-refractivity contribution >= 4 is 5.69 Å². The van der Waals surface area contributed by atoms with Crippen LogP contribution in [0.25, 0.3) is 11.1 Å². The zero-order chi connectivity index (χ0) is 19.9. The number of benzene rings is 3. The molecule has 1 unspecified atom stereocenters. The Bertz CT molecular complexity index is 979. The Hall–Kier alpha value is -3.52.